The number of nitrogens with zero attached hydrogens (tertiary/aromatic N) is 1. The van der Waals surface area contributed by atoms with Crippen molar-refractivity contribution >= 4 is 12.0 Å². The van der Waals surface area contributed by atoms with Crippen LogP contribution in [0.1, 0.15) is 87.4 Å². The second kappa shape index (κ2) is 14.1. The number of hydrogen-bond acceptors (Lipinski definition) is 4. The van der Waals surface area contributed by atoms with Gasteiger partial charge in [-0.25, -0.2) is 0 Å². The Labute approximate surface area is 190 Å². The summed E-state index contributed by atoms with van der Waals surface area (Å²) >= 11 is 0. The first-order chi connectivity index (χ1) is 14.9. The molecule has 1 aliphatic heterocycles. The Morgan fingerprint density at radius 3 is 2.23 bits per heavy atom. The fraction of sp³-hybridized carbons (Fsp3) is 0.654. The molecule has 0 spiro atoms. The van der Waals surface area contributed by atoms with Gasteiger partial charge < -0.3 is 19.7 Å². The van der Waals surface area contributed by atoms with Crippen LogP contribution in [0.3, 0.4) is 0 Å². The number of nitrogens with one attached hydrogen (secondary N) is 1. The van der Waals surface area contributed by atoms with Crippen LogP contribution in [-0.4, -0.2) is 50.2 Å². The minimum atomic E-state index is -0.119. The predicted octanol–water partition coefficient (Wildman–Crippen LogP) is 5.76. The van der Waals surface area contributed by atoms with Crippen LogP contribution in [-0.2, 0) is 0 Å². The number of methoxy groups -OCH3 is 1. The zero-order chi connectivity index (χ0) is 23.4. The first-order valence-electron chi connectivity index (χ1n) is 11.9. The number of hydrogen-bond donors (Lipinski definition) is 1. The lowest BCUT2D eigenvalue weighted by molar-refractivity contribution is 0.0944. The van der Waals surface area contributed by atoms with Gasteiger partial charge in [0.2, 0.25) is 0 Å². The molecular formula is C26H44N2O3. The maximum atomic E-state index is 12.9. The van der Waals surface area contributed by atoms with Crippen molar-refractivity contribution < 1.29 is 14.3 Å². The number of ether oxygens (including phenoxy) is 2. The van der Waals surface area contributed by atoms with E-state index in [1.807, 2.05) is 32.9 Å². The lowest BCUT2D eigenvalue weighted by Crippen LogP contribution is -2.35. The normalized spacial score (nSPS) is 14.4. The maximum Gasteiger partial charge on any atom is 0.255 e. The summed E-state index contributed by atoms with van der Waals surface area (Å²) in [6.45, 7) is 18.1. The van der Waals surface area contributed by atoms with E-state index in [4.69, 9.17) is 9.47 Å². The quantitative estimate of drug-likeness (QED) is 0.477. The van der Waals surface area contributed by atoms with Crippen LogP contribution in [0.4, 0.5) is 0 Å². The van der Waals surface area contributed by atoms with Gasteiger partial charge in [0.15, 0.2) is 0 Å². The lowest BCUT2D eigenvalue weighted by atomic mass is 9.94. The van der Waals surface area contributed by atoms with Gasteiger partial charge in [-0.1, -0.05) is 59.5 Å². The van der Waals surface area contributed by atoms with Gasteiger partial charge in [-0.05, 0) is 51.1 Å². The van der Waals surface area contributed by atoms with Crippen molar-refractivity contribution in [2.24, 2.45) is 0 Å². The number of amides is 1. The van der Waals surface area contributed by atoms with Crippen molar-refractivity contribution in [2.45, 2.75) is 80.3 Å². The predicted molar refractivity (Wildman–Crippen MR) is 132 cm³/mol. The molecule has 0 bridgehead atoms. The highest BCUT2D eigenvalue weighted by atomic mass is 16.5. The van der Waals surface area contributed by atoms with Crippen LogP contribution in [0.15, 0.2) is 6.08 Å². The van der Waals surface area contributed by atoms with Gasteiger partial charge in [-0.3, -0.25) is 4.79 Å². The second-order valence-electron chi connectivity index (χ2n) is 8.07. The van der Waals surface area contributed by atoms with Gasteiger partial charge in [0.05, 0.1) is 12.7 Å². The number of rotatable bonds is 10. The topological polar surface area (TPSA) is 50.8 Å². The molecule has 31 heavy (non-hydrogen) atoms. The number of carbonyl (C=O) groups excluding carboxylic acids is 1. The molecule has 5 nitrogen and oxygen atoms in total. The van der Waals surface area contributed by atoms with Crippen molar-refractivity contribution in [3.8, 4) is 11.5 Å². The second-order valence-corrected chi connectivity index (χ2v) is 8.07. The molecule has 176 valence electrons. The zero-order valence-electron chi connectivity index (χ0n) is 21.1. The first kappa shape index (κ1) is 27.0. The third-order valence-electron chi connectivity index (χ3n) is 5.82. The minimum absolute atomic E-state index is 0.00225. The summed E-state index contributed by atoms with van der Waals surface area (Å²) in [5.41, 5.74) is 3.32. The van der Waals surface area contributed by atoms with E-state index < -0.39 is 0 Å². The molecule has 1 heterocycles. The van der Waals surface area contributed by atoms with E-state index in [0.717, 1.165) is 42.1 Å². The Bertz CT molecular complexity index is 720. The van der Waals surface area contributed by atoms with Crippen LogP contribution in [0.25, 0.3) is 6.08 Å². The largest absolute Gasteiger partial charge is 0.496 e. The van der Waals surface area contributed by atoms with E-state index in [0.29, 0.717) is 17.9 Å². The lowest BCUT2D eigenvalue weighted by Gasteiger charge is -2.26. The van der Waals surface area contributed by atoms with Gasteiger partial charge in [0, 0.05) is 18.7 Å². The number of unbranched alkanes of at least 4 members (excludes halogenated alkanes) is 3. The third-order valence-corrected chi connectivity index (χ3v) is 5.82. The van der Waals surface area contributed by atoms with E-state index in [2.05, 4.69) is 37.9 Å². The van der Waals surface area contributed by atoms with Crippen LogP contribution in [0.2, 0.25) is 0 Å². The number of carbonyl (C=O) groups is 1. The highest BCUT2D eigenvalue weighted by Crippen LogP contribution is 2.41. The molecule has 1 aromatic rings. The molecule has 0 saturated heterocycles. The van der Waals surface area contributed by atoms with Gasteiger partial charge in [-0.2, -0.15) is 0 Å². The highest BCUT2D eigenvalue weighted by molar-refractivity contribution is 6.02. The molecule has 1 aliphatic rings. The number of likely N-dealkylation sites (N-methyl/N-ethyl adjacent to an activating group) is 1. The number of benzene rings is 1. The summed E-state index contributed by atoms with van der Waals surface area (Å²) in [5.74, 6) is 1.28. The van der Waals surface area contributed by atoms with Crippen molar-refractivity contribution in [3.63, 3.8) is 0 Å². The Morgan fingerprint density at radius 1 is 1.10 bits per heavy atom. The summed E-state index contributed by atoms with van der Waals surface area (Å²) in [6.07, 6.45) is 9.47. The van der Waals surface area contributed by atoms with Crippen LogP contribution < -0.4 is 14.8 Å². The van der Waals surface area contributed by atoms with E-state index in [1.54, 1.807) is 7.11 Å². The standard InChI is InChI=1S/C20H30N2O3.C6H14/c1-7-22(8-2)12-11-21-20(23)17-16-10-9-13(3)25-18(16)14(4)15(5)19(17)24-6;1-3-5-6-4-2/h9-10,13H,7-8,11-12H2,1-6H3,(H,21,23);3-6H2,1-2H3. The Hall–Kier alpha value is -2.01. The summed E-state index contributed by atoms with van der Waals surface area (Å²) in [6, 6.07) is 0. The molecule has 0 aliphatic carbocycles. The van der Waals surface area contributed by atoms with Crippen LogP contribution >= 0.6 is 0 Å². The molecule has 1 amide bonds. The molecule has 1 N–H and O–H groups in total. The molecular weight excluding hydrogens is 388 g/mol. The van der Waals surface area contributed by atoms with Crippen molar-refractivity contribution in [1.29, 1.82) is 0 Å². The molecule has 0 fully saturated rings. The van der Waals surface area contributed by atoms with Gasteiger partial charge in [0.1, 0.15) is 17.6 Å². The summed E-state index contributed by atoms with van der Waals surface area (Å²) < 4.78 is 11.6. The molecule has 1 unspecified atom stereocenters. The number of fused-ring (bicyclic) bond motifs is 1. The van der Waals surface area contributed by atoms with Crippen LogP contribution in [0.5, 0.6) is 11.5 Å². The van der Waals surface area contributed by atoms with Crippen LogP contribution in [0, 0.1) is 13.8 Å². The van der Waals surface area contributed by atoms with Gasteiger partial charge in [-0.15, -0.1) is 0 Å². The fourth-order valence-electron chi connectivity index (χ4n) is 3.67. The molecule has 0 radical (unpaired) electrons. The Kier molecular flexibility index (Phi) is 12.3. The molecule has 0 saturated carbocycles. The van der Waals surface area contributed by atoms with Crippen molar-refractivity contribution in [3.05, 3.63) is 28.3 Å². The van der Waals surface area contributed by atoms with E-state index in [-0.39, 0.29) is 12.0 Å². The van der Waals surface area contributed by atoms with E-state index in [9.17, 15) is 4.79 Å². The highest BCUT2D eigenvalue weighted by Gasteiger charge is 2.27. The maximum absolute atomic E-state index is 12.9. The molecule has 1 aromatic carbocycles. The summed E-state index contributed by atoms with van der Waals surface area (Å²) in [7, 11) is 1.61. The minimum Gasteiger partial charge on any atom is -0.496 e. The van der Waals surface area contributed by atoms with Gasteiger partial charge in [0.25, 0.3) is 5.91 Å². The smallest absolute Gasteiger partial charge is 0.255 e. The molecule has 1 atom stereocenters. The Balaban J connectivity index is 0.000000703. The Morgan fingerprint density at radius 2 is 1.71 bits per heavy atom. The molecule has 0 aromatic heterocycles. The average Bonchev–Trinajstić information content (AvgIpc) is 2.78. The van der Waals surface area contributed by atoms with Crippen molar-refractivity contribution in [2.75, 3.05) is 33.3 Å². The summed E-state index contributed by atoms with van der Waals surface area (Å²) in [5, 5.41) is 3.03. The van der Waals surface area contributed by atoms with Gasteiger partial charge >= 0.3 is 0 Å². The monoisotopic (exact) mass is 432 g/mol. The van der Waals surface area contributed by atoms with E-state index >= 15 is 0 Å². The first-order valence-corrected chi connectivity index (χ1v) is 11.9. The zero-order valence-corrected chi connectivity index (χ0v) is 21.1. The van der Waals surface area contributed by atoms with E-state index in [1.165, 1.54) is 25.7 Å². The van der Waals surface area contributed by atoms with Crippen molar-refractivity contribution in [1.82, 2.24) is 10.2 Å². The molecule has 2 rings (SSSR count). The average molecular weight is 433 g/mol. The SMILES string of the molecule is CCCCCC.CCN(CC)CCNC(=O)c1c2c(c(C)c(C)c1OC)OC(C)C=C2. The fourth-order valence-corrected chi connectivity index (χ4v) is 3.67. The summed E-state index contributed by atoms with van der Waals surface area (Å²) in [4.78, 5) is 15.2. The third kappa shape index (κ3) is 7.57. The molecule has 5 heteroatoms.